The van der Waals surface area contributed by atoms with E-state index in [1.54, 1.807) is 23.1 Å². The Kier molecular flexibility index (Phi) is 7.53. The normalized spacial score (nSPS) is 13.5. The van der Waals surface area contributed by atoms with E-state index in [0.717, 1.165) is 23.2 Å². The quantitative estimate of drug-likeness (QED) is 0.359. The molecule has 1 aromatic heterocycles. The number of pyridine rings is 1. The Hall–Kier alpha value is -3.81. The minimum Gasteiger partial charge on any atom is -0.464 e. The molecule has 2 heterocycles. The van der Waals surface area contributed by atoms with Gasteiger partial charge in [0.2, 0.25) is 5.91 Å². The van der Waals surface area contributed by atoms with Crippen molar-refractivity contribution in [3.63, 3.8) is 0 Å². The molecule has 1 aliphatic heterocycles. The summed E-state index contributed by atoms with van der Waals surface area (Å²) < 4.78 is 4.79. The maximum Gasteiger partial charge on any atom is 0.354 e. The number of benzene rings is 1. The number of amidine groups is 1. The molecule has 0 spiro atoms. The monoisotopic (exact) mass is 476 g/mol. The number of hydrogen-bond donors (Lipinski definition) is 2. The lowest BCUT2D eigenvalue weighted by Crippen LogP contribution is -2.30. The Bertz CT molecular complexity index is 1220. The average molecular weight is 477 g/mol. The van der Waals surface area contributed by atoms with Crippen LogP contribution in [0.4, 0.5) is 0 Å². The Morgan fingerprint density at radius 1 is 1.20 bits per heavy atom. The zero-order chi connectivity index (χ0) is 25.9. The van der Waals surface area contributed by atoms with Crippen molar-refractivity contribution >= 4 is 29.6 Å². The number of methoxy groups -OCH3 is 1. The third-order valence-electron chi connectivity index (χ3n) is 5.83. The molecular formula is C27H32N4O4. The van der Waals surface area contributed by atoms with Gasteiger partial charge in [-0.05, 0) is 41.2 Å². The fraction of sp³-hybridized carbons (Fsp3) is 0.370. The molecule has 0 unspecified atom stereocenters. The van der Waals surface area contributed by atoms with Crippen LogP contribution in [-0.4, -0.2) is 47.0 Å². The molecule has 2 N–H and O–H groups in total. The zero-order valence-electron chi connectivity index (χ0n) is 21.1. The fourth-order valence-electron chi connectivity index (χ4n) is 4.00. The van der Waals surface area contributed by atoms with Gasteiger partial charge in [-0.15, -0.1) is 0 Å². The van der Waals surface area contributed by atoms with Gasteiger partial charge >= 0.3 is 5.97 Å². The van der Waals surface area contributed by atoms with Crippen LogP contribution in [0.5, 0.6) is 0 Å². The predicted molar refractivity (Wildman–Crippen MR) is 134 cm³/mol. The number of esters is 1. The summed E-state index contributed by atoms with van der Waals surface area (Å²) in [5.74, 6) is -0.904. The summed E-state index contributed by atoms with van der Waals surface area (Å²) in [5, 5.41) is 11.0. The lowest BCUT2D eigenvalue weighted by atomic mass is 9.82. The minimum atomic E-state index is -0.660. The van der Waals surface area contributed by atoms with Crippen LogP contribution in [0.25, 0.3) is 6.08 Å². The maximum atomic E-state index is 13.2. The van der Waals surface area contributed by atoms with Crippen molar-refractivity contribution in [2.45, 2.75) is 53.0 Å². The molecule has 0 saturated heterocycles. The molecule has 2 aromatic rings. The molecule has 1 amide bonds. The molecule has 8 nitrogen and oxygen atoms in total. The average Bonchev–Trinajstić information content (AvgIpc) is 3.11. The second kappa shape index (κ2) is 10.2. The Morgan fingerprint density at radius 3 is 2.51 bits per heavy atom. The van der Waals surface area contributed by atoms with Crippen molar-refractivity contribution in [2.75, 3.05) is 13.7 Å². The first-order valence-corrected chi connectivity index (χ1v) is 11.5. The van der Waals surface area contributed by atoms with Gasteiger partial charge in [-0.2, -0.15) is 0 Å². The molecule has 184 valence electrons. The van der Waals surface area contributed by atoms with E-state index in [4.69, 9.17) is 10.1 Å². The van der Waals surface area contributed by atoms with Crippen LogP contribution < -0.4 is 5.32 Å². The van der Waals surface area contributed by atoms with Crippen LogP contribution in [0.2, 0.25) is 0 Å². The summed E-state index contributed by atoms with van der Waals surface area (Å²) in [6.45, 7) is 9.90. The number of carbonyl (C=O) groups is 3. The lowest BCUT2D eigenvalue weighted by molar-refractivity contribution is -0.137. The van der Waals surface area contributed by atoms with Crippen LogP contribution in [0.15, 0.2) is 36.0 Å². The van der Waals surface area contributed by atoms with Gasteiger partial charge in [-0.25, -0.2) is 9.78 Å². The summed E-state index contributed by atoms with van der Waals surface area (Å²) in [7, 11) is 1.25. The summed E-state index contributed by atoms with van der Waals surface area (Å²) >= 11 is 0. The number of aryl methyl sites for hydroxylation is 1. The first-order valence-electron chi connectivity index (χ1n) is 11.5. The Balaban J connectivity index is 1.90. The van der Waals surface area contributed by atoms with E-state index in [1.807, 2.05) is 45.9 Å². The first-order chi connectivity index (χ1) is 16.4. The number of carbonyl (C=O) groups excluding carboxylic acids is 3. The number of fused-ring (bicyclic) bond motifs is 1. The molecule has 0 atom stereocenters. The molecule has 3 rings (SSSR count). The van der Waals surface area contributed by atoms with E-state index in [2.05, 4.69) is 10.3 Å². The molecule has 1 aliphatic rings. The van der Waals surface area contributed by atoms with Crippen molar-refractivity contribution in [2.24, 2.45) is 0 Å². The van der Waals surface area contributed by atoms with Crippen LogP contribution >= 0.6 is 0 Å². The summed E-state index contributed by atoms with van der Waals surface area (Å²) in [5.41, 5.74) is 4.22. The van der Waals surface area contributed by atoms with Crippen LogP contribution in [-0.2, 0) is 32.7 Å². The molecular weight excluding hydrogens is 444 g/mol. The van der Waals surface area contributed by atoms with E-state index in [0.29, 0.717) is 23.4 Å². The van der Waals surface area contributed by atoms with E-state index >= 15 is 0 Å². The highest BCUT2D eigenvalue weighted by Crippen LogP contribution is 2.29. The smallest absolute Gasteiger partial charge is 0.354 e. The molecule has 35 heavy (non-hydrogen) atoms. The highest BCUT2D eigenvalue weighted by atomic mass is 16.5. The van der Waals surface area contributed by atoms with Crippen molar-refractivity contribution in [3.05, 3.63) is 69.7 Å². The fourth-order valence-corrected chi connectivity index (χ4v) is 4.00. The van der Waals surface area contributed by atoms with Crippen LogP contribution in [0.1, 0.15) is 73.1 Å². The Morgan fingerprint density at radius 2 is 1.91 bits per heavy atom. The highest BCUT2D eigenvalue weighted by Gasteiger charge is 2.28. The van der Waals surface area contributed by atoms with Gasteiger partial charge in [-0.1, -0.05) is 45.9 Å². The Labute approximate surface area is 205 Å². The number of aromatic nitrogens is 1. The highest BCUT2D eigenvalue weighted by molar-refractivity contribution is 6.04. The van der Waals surface area contributed by atoms with Crippen molar-refractivity contribution in [3.8, 4) is 0 Å². The van der Waals surface area contributed by atoms with Crippen molar-refractivity contribution < 1.29 is 19.1 Å². The third-order valence-corrected chi connectivity index (χ3v) is 5.83. The van der Waals surface area contributed by atoms with E-state index < -0.39 is 5.97 Å². The molecule has 0 radical (unpaired) electrons. The van der Waals surface area contributed by atoms with Gasteiger partial charge in [0, 0.05) is 30.3 Å². The number of nitrogens with zero attached hydrogens (tertiary/aromatic N) is 2. The first kappa shape index (κ1) is 25.8. The number of Topliss-reactive ketones (excluding diaryl/α,β-unsaturated/α-hetero) is 1. The number of hydrogen-bond acceptors (Lipinski definition) is 6. The predicted octanol–water partition coefficient (Wildman–Crippen LogP) is 3.62. The molecule has 0 aliphatic carbocycles. The molecule has 0 bridgehead atoms. The molecule has 0 saturated carbocycles. The van der Waals surface area contributed by atoms with Crippen LogP contribution in [0.3, 0.4) is 0 Å². The molecule has 0 fully saturated rings. The topological polar surface area (TPSA) is 112 Å². The van der Waals surface area contributed by atoms with Gasteiger partial charge < -0.3 is 15.0 Å². The number of amides is 1. The van der Waals surface area contributed by atoms with Crippen LogP contribution in [0, 0.1) is 5.41 Å². The van der Waals surface area contributed by atoms with Gasteiger partial charge in [0.15, 0.2) is 5.78 Å². The van der Waals surface area contributed by atoms with Gasteiger partial charge in [-0.3, -0.25) is 15.0 Å². The zero-order valence-corrected chi connectivity index (χ0v) is 21.1. The van der Waals surface area contributed by atoms with Gasteiger partial charge in [0.05, 0.1) is 13.7 Å². The number of ether oxygens (including phenoxy) is 1. The third kappa shape index (κ3) is 5.82. The van der Waals surface area contributed by atoms with Gasteiger partial charge in [0.25, 0.3) is 0 Å². The number of ketones is 1. The minimum absolute atomic E-state index is 0.0202. The maximum absolute atomic E-state index is 13.2. The van der Waals surface area contributed by atoms with E-state index in [-0.39, 0.29) is 35.2 Å². The number of rotatable bonds is 7. The van der Waals surface area contributed by atoms with Crippen molar-refractivity contribution in [1.82, 2.24) is 15.2 Å². The molecule has 1 aromatic carbocycles. The van der Waals surface area contributed by atoms with Crippen molar-refractivity contribution in [1.29, 1.82) is 5.41 Å². The summed E-state index contributed by atoms with van der Waals surface area (Å²) in [6, 6.07) is 9.22. The largest absolute Gasteiger partial charge is 0.464 e. The second-order valence-corrected chi connectivity index (χ2v) is 9.57. The second-order valence-electron chi connectivity index (χ2n) is 9.57. The standard InChI is InChI=1S/C27H32N4O4/c1-7-20-11-10-19-14-31(25(28)24(19)30-20)15-23(33)18-9-8-17(21(12-18)27(3,4)5)13-22(26(34)35-6)29-16(2)32/h8-13,28H,7,14-15H2,1-6H3,(H,29,32). The summed E-state index contributed by atoms with van der Waals surface area (Å²) in [4.78, 5) is 43.2. The SMILES string of the molecule is CCc1ccc2c(n1)C(=N)N(CC(=O)c1ccc(C=C(NC(C)=O)C(=O)OC)c(C(C)(C)C)c1)C2. The lowest BCUT2D eigenvalue weighted by Gasteiger charge is -2.23. The van der Waals surface area contributed by atoms with E-state index in [9.17, 15) is 14.4 Å². The molecule has 8 heteroatoms. The van der Waals surface area contributed by atoms with Gasteiger partial charge in [0.1, 0.15) is 17.2 Å². The number of nitrogens with one attached hydrogen (secondary N) is 2. The van der Waals surface area contributed by atoms with E-state index in [1.165, 1.54) is 14.0 Å². The summed E-state index contributed by atoms with van der Waals surface area (Å²) in [6.07, 6.45) is 2.35.